The summed E-state index contributed by atoms with van der Waals surface area (Å²) in [4.78, 5) is 15.7. The summed E-state index contributed by atoms with van der Waals surface area (Å²) < 4.78 is 5.51. The van der Waals surface area contributed by atoms with E-state index in [1.54, 1.807) is 18.5 Å². The number of ether oxygens (including phenoxy) is 1. The van der Waals surface area contributed by atoms with Gasteiger partial charge in [-0.2, -0.15) is 0 Å². The largest absolute Gasteiger partial charge is 0.494 e. The van der Waals surface area contributed by atoms with E-state index in [0.717, 1.165) is 23.3 Å². The van der Waals surface area contributed by atoms with Crippen LogP contribution in [0.2, 0.25) is 0 Å². The third-order valence-electron chi connectivity index (χ3n) is 3.00. The van der Waals surface area contributed by atoms with Gasteiger partial charge in [0, 0.05) is 25.0 Å². The molecule has 0 spiro atoms. The summed E-state index contributed by atoms with van der Waals surface area (Å²) in [6, 6.07) is 11.4. The molecule has 4 nitrogen and oxygen atoms in total. The van der Waals surface area contributed by atoms with Gasteiger partial charge >= 0.3 is 0 Å². The third-order valence-corrected chi connectivity index (χ3v) is 3.00. The van der Waals surface area contributed by atoms with Gasteiger partial charge in [0.05, 0.1) is 6.61 Å². The van der Waals surface area contributed by atoms with Gasteiger partial charge in [-0.15, -0.1) is 0 Å². The Balaban J connectivity index is 1.81. The van der Waals surface area contributed by atoms with Crippen molar-refractivity contribution in [2.45, 2.75) is 19.9 Å². The van der Waals surface area contributed by atoms with Crippen LogP contribution in [-0.4, -0.2) is 17.5 Å². The van der Waals surface area contributed by atoms with Crippen LogP contribution in [0.3, 0.4) is 0 Å². The molecule has 1 heterocycles. The highest BCUT2D eigenvalue weighted by molar-refractivity contribution is 5.91. The van der Waals surface area contributed by atoms with Crippen molar-refractivity contribution in [1.82, 2.24) is 10.3 Å². The lowest BCUT2D eigenvalue weighted by Crippen LogP contribution is -2.20. The zero-order valence-electron chi connectivity index (χ0n) is 12.7. The Hall–Kier alpha value is -2.62. The molecule has 0 saturated heterocycles. The van der Waals surface area contributed by atoms with Crippen LogP contribution in [0.15, 0.2) is 54.9 Å². The lowest BCUT2D eigenvalue weighted by molar-refractivity contribution is -0.116. The molecule has 0 aliphatic heterocycles. The number of hydrogen-bond acceptors (Lipinski definition) is 3. The first kappa shape index (κ1) is 15.8. The number of pyridine rings is 1. The number of nitrogens with zero attached hydrogens (tertiary/aromatic N) is 1. The van der Waals surface area contributed by atoms with Gasteiger partial charge in [-0.05, 0) is 47.9 Å². The minimum atomic E-state index is -0.122. The number of carbonyl (C=O) groups is 1. The molecule has 2 rings (SSSR count). The molecule has 0 aliphatic carbocycles. The van der Waals surface area contributed by atoms with Crippen LogP contribution in [0.25, 0.3) is 6.08 Å². The molecule has 114 valence electrons. The molecule has 1 aromatic heterocycles. The van der Waals surface area contributed by atoms with Crippen molar-refractivity contribution in [2.24, 2.45) is 0 Å². The maximum Gasteiger partial charge on any atom is 0.244 e. The van der Waals surface area contributed by atoms with Crippen LogP contribution in [0, 0.1) is 0 Å². The first-order valence-corrected chi connectivity index (χ1v) is 7.35. The number of rotatable bonds is 7. The average Bonchev–Trinajstić information content (AvgIpc) is 2.58. The predicted molar refractivity (Wildman–Crippen MR) is 87.3 cm³/mol. The van der Waals surface area contributed by atoms with Crippen LogP contribution >= 0.6 is 0 Å². The smallest absolute Gasteiger partial charge is 0.244 e. The Morgan fingerprint density at radius 2 is 1.91 bits per heavy atom. The van der Waals surface area contributed by atoms with E-state index >= 15 is 0 Å². The Morgan fingerprint density at radius 1 is 1.18 bits per heavy atom. The molecule has 2 aromatic rings. The number of benzene rings is 1. The highest BCUT2D eigenvalue weighted by Gasteiger charge is 1.97. The molecule has 0 fully saturated rings. The lowest BCUT2D eigenvalue weighted by atomic mass is 10.2. The zero-order chi connectivity index (χ0) is 15.6. The minimum absolute atomic E-state index is 0.122. The summed E-state index contributed by atoms with van der Waals surface area (Å²) in [7, 11) is 0. The van der Waals surface area contributed by atoms with Crippen molar-refractivity contribution in [3.63, 3.8) is 0 Å². The summed E-state index contributed by atoms with van der Waals surface area (Å²) in [5, 5.41) is 2.83. The van der Waals surface area contributed by atoms with Gasteiger partial charge in [-0.25, -0.2) is 0 Å². The third kappa shape index (κ3) is 5.40. The first-order valence-electron chi connectivity index (χ1n) is 7.35. The maximum absolute atomic E-state index is 11.8. The molecule has 0 radical (unpaired) electrons. The topological polar surface area (TPSA) is 51.2 Å². The fraction of sp³-hybridized carbons (Fsp3) is 0.222. The van der Waals surface area contributed by atoms with Crippen LogP contribution < -0.4 is 10.1 Å². The van der Waals surface area contributed by atoms with E-state index < -0.39 is 0 Å². The van der Waals surface area contributed by atoms with E-state index in [-0.39, 0.29) is 5.91 Å². The van der Waals surface area contributed by atoms with Crippen molar-refractivity contribution in [1.29, 1.82) is 0 Å². The molecule has 0 atom stereocenters. The molecular formula is C18H20N2O2. The summed E-state index contributed by atoms with van der Waals surface area (Å²) in [6.45, 7) is 3.28. The van der Waals surface area contributed by atoms with Gasteiger partial charge in [0.2, 0.25) is 5.91 Å². The van der Waals surface area contributed by atoms with E-state index in [0.29, 0.717) is 13.2 Å². The average molecular weight is 296 g/mol. The maximum atomic E-state index is 11.8. The van der Waals surface area contributed by atoms with Gasteiger partial charge < -0.3 is 10.1 Å². The van der Waals surface area contributed by atoms with Gasteiger partial charge in [0.25, 0.3) is 0 Å². The molecule has 0 saturated carbocycles. The molecule has 0 aliphatic rings. The molecular weight excluding hydrogens is 276 g/mol. The normalized spacial score (nSPS) is 10.6. The molecule has 4 heteroatoms. The summed E-state index contributed by atoms with van der Waals surface area (Å²) >= 11 is 0. The van der Waals surface area contributed by atoms with Crippen molar-refractivity contribution in [3.05, 3.63) is 66.0 Å². The number of amides is 1. The van der Waals surface area contributed by atoms with Gasteiger partial charge in [-0.3, -0.25) is 9.78 Å². The highest BCUT2D eigenvalue weighted by atomic mass is 16.5. The van der Waals surface area contributed by atoms with E-state index in [1.165, 1.54) is 6.08 Å². The van der Waals surface area contributed by atoms with Crippen LogP contribution in [-0.2, 0) is 11.3 Å². The Morgan fingerprint density at radius 3 is 2.59 bits per heavy atom. The second-order valence-electron chi connectivity index (χ2n) is 4.82. The van der Waals surface area contributed by atoms with Crippen molar-refractivity contribution in [2.75, 3.05) is 6.61 Å². The number of hydrogen-bond donors (Lipinski definition) is 1. The number of nitrogens with one attached hydrogen (secondary N) is 1. The highest BCUT2D eigenvalue weighted by Crippen LogP contribution is 2.13. The number of carbonyl (C=O) groups excluding carboxylic acids is 1. The quantitative estimate of drug-likeness (QED) is 0.798. The van der Waals surface area contributed by atoms with Crippen LogP contribution in [0.4, 0.5) is 0 Å². The summed E-state index contributed by atoms with van der Waals surface area (Å²) in [5.41, 5.74) is 1.98. The van der Waals surface area contributed by atoms with E-state index in [2.05, 4.69) is 17.2 Å². The van der Waals surface area contributed by atoms with Crippen LogP contribution in [0.5, 0.6) is 5.75 Å². The Labute approximate surface area is 130 Å². The standard InChI is InChI=1S/C18H20N2O2/c1-2-13-22-17-6-3-15(4-7-17)5-8-18(21)20-14-16-9-11-19-12-10-16/h3-12H,2,13-14H2,1H3,(H,20,21)/b8-5+. The van der Waals surface area contributed by atoms with Gasteiger partial charge in [0.1, 0.15) is 5.75 Å². The Kier molecular flexibility index (Phi) is 6.18. The molecule has 1 aromatic carbocycles. The van der Waals surface area contributed by atoms with Gasteiger partial charge in [0.15, 0.2) is 0 Å². The van der Waals surface area contributed by atoms with E-state index in [4.69, 9.17) is 4.74 Å². The SMILES string of the molecule is CCCOc1ccc(/C=C/C(=O)NCc2ccncc2)cc1. The summed E-state index contributed by atoms with van der Waals surface area (Å²) in [5.74, 6) is 0.726. The second kappa shape index (κ2) is 8.62. The monoisotopic (exact) mass is 296 g/mol. The minimum Gasteiger partial charge on any atom is -0.494 e. The fourth-order valence-electron chi connectivity index (χ4n) is 1.82. The number of aromatic nitrogens is 1. The molecule has 22 heavy (non-hydrogen) atoms. The van der Waals surface area contributed by atoms with E-state index in [1.807, 2.05) is 36.4 Å². The molecule has 0 bridgehead atoms. The Bertz CT molecular complexity index is 607. The first-order chi connectivity index (χ1) is 10.8. The van der Waals surface area contributed by atoms with Gasteiger partial charge in [-0.1, -0.05) is 19.1 Å². The van der Waals surface area contributed by atoms with Crippen molar-refractivity contribution < 1.29 is 9.53 Å². The fourth-order valence-corrected chi connectivity index (χ4v) is 1.82. The molecule has 1 N–H and O–H groups in total. The zero-order valence-corrected chi connectivity index (χ0v) is 12.7. The lowest BCUT2D eigenvalue weighted by Gasteiger charge is -2.04. The van der Waals surface area contributed by atoms with Crippen molar-refractivity contribution in [3.8, 4) is 5.75 Å². The molecule has 1 amide bonds. The summed E-state index contributed by atoms with van der Waals surface area (Å²) in [6.07, 6.45) is 7.72. The van der Waals surface area contributed by atoms with E-state index in [9.17, 15) is 4.79 Å². The molecule has 0 unspecified atom stereocenters. The van der Waals surface area contributed by atoms with Crippen molar-refractivity contribution >= 4 is 12.0 Å². The van der Waals surface area contributed by atoms with Crippen LogP contribution in [0.1, 0.15) is 24.5 Å². The second-order valence-corrected chi connectivity index (χ2v) is 4.82. The predicted octanol–water partition coefficient (Wildman–Crippen LogP) is 3.20.